The zero-order chi connectivity index (χ0) is 13.9. The second-order valence-corrected chi connectivity index (χ2v) is 5.68. The fraction of sp³-hybridized carbons (Fsp3) is 0.467. The van der Waals surface area contributed by atoms with Crippen molar-refractivity contribution in [2.75, 3.05) is 20.3 Å². The van der Waals surface area contributed by atoms with Crippen LogP contribution in [0.5, 0.6) is 0 Å². The molecule has 0 radical (unpaired) electrons. The van der Waals surface area contributed by atoms with Gasteiger partial charge in [-0.25, -0.2) is 0 Å². The fourth-order valence-corrected chi connectivity index (χ4v) is 2.10. The summed E-state index contributed by atoms with van der Waals surface area (Å²) in [6, 6.07) is 10.1. The third-order valence-corrected chi connectivity index (χ3v) is 3.26. The minimum atomic E-state index is -0.404. The Balaban J connectivity index is 2.20. The minimum absolute atomic E-state index is 0.0655. The van der Waals surface area contributed by atoms with Crippen molar-refractivity contribution in [2.45, 2.75) is 20.8 Å². The van der Waals surface area contributed by atoms with Crippen LogP contribution in [0.25, 0.3) is 5.57 Å². The lowest BCUT2D eigenvalue weighted by atomic mass is 9.78. The van der Waals surface area contributed by atoms with Crippen molar-refractivity contribution in [2.24, 2.45) is 5.41 Å². The van der Waals surface area contributed by atoms with Gasteiger partial charge in [0, 0.05) is 18.6 Å². The van der Waals surface area contributed by atoms with Crippen LogP contribution in [-0.4, -0.2) is 27.4 Å². The molecule has 1 heterocycles. The van der Waals surface area contributed by atoms with E-state index in [4.69, 9.17) is 14.0 Å². The molecule has 0 aliphatic carbocycles. The second-order valence-electron chi connectivity index (χ2n) is 5.68. The molecule has 0 bridgehead atoms. The first-order chi connectivity index (χ1) is 9.03. The van der Waals surface area contributed by atoms with Crippen LogP contribution in [0.3, 0.4) is 0 Å². The average molecular weight is 260 g/mol. The molecule has 1 aliphatic heterocycles. The van der Waals surface area contributed by atoms with Gasteiger partial charge in [-0.1, -0.05) is 44.2 Å². The number of hydrogen-bond acceptors (Lipinski definition) is 3. The highest BCUT2D eigenvalue weighted by Crippen LogP contribution is 2.27. The molecule has 4 heteroatoms. The van der Waals surface area contributed by atoms with E-state index in [-0.39, 0.29) is 5.41 Å². The summed E-state index contributed by atoms with van der Waals surface area (Å²) in [5.74, 6) is 0. The Labute approximate surface area is 115 Å². The summed E-state index contributed by atoms with van der Waals surface area (Å²) in [6.45, 7) is 7.63. The van der Waals surface area contributed by atoms with Gasteiger partial charge >= 0.3 is 7.12 Å². The van der Waals surface area contributed by atoms with Crippen LogP contribution in [0.1, 0.15) is 26.3 Å². The first-order valence-corrected chi connectivity index (χ1v) is 6.57. The lowest BCUT2D eigenvalue weighted by Gasteiger charge is -2.33. The summed E-state index contributed by atoms with van der Waals surface area (Å²) < 4.78 is 17.1. The molecule has 0 saturated carbocycles. The first kappa shape index (κ1) is 14.2. The van der Waals surface area contributed by atoms with E-state index in [1.807, 2.05) is 25.1 Å². The summed E-state index contributed by atoms with van der Waals surface area (Å²) in [6.07, 6.45) is 0. The van der Waals surface area contributed by atoms with Crippen molar-refractivity contribution in [1.29, 1.82) is 0 Å². The lowest BCUT2D eigenvalue weighted by molar-refractivity contribution is 0.0257. The first-order valence-electron chi connectivity index (χ1n) is 6.57. The normalized spacial score (nSPS) is 19.9. The Kier molecular flexibility index (Phi) is 4.33. The van der Waals surface area contributed by atoms with E-state index in [0.717, 1.165) is 16.8 Å². The summed E-state index contributed by atoms with van der Waals surface area (Å²) in [5.41, 5.74) is 2.99. The molecule has 0 unspecified atom stereocenters. The van der Waals surface area contributed by atoms with E-state index in [1.165, 1.54) is 0 Å². The number of benzene rings is 1. The van der Waals surface area contributed by atoms with Crippen LogP contribution in [-0.2, 0) is 14.0 Å². The maximum absolute atomic E-state index is 5.78. The predicted molar refractivity (Wildman–Crippen MR) is 77.5 cm³/mol. The molecule has 102 valence electrons. The zero-order valence-electron chi connectivity index (χ0n) is 12.1. The molecule has 1 fully saturated rings. The molecule has 1 aliphatic rings. The van der Waals surface area contributed by atoms with Crippen LogP contribution >= 0.6 is 0 Å². The van der Waals surface area contributed by atoms with Gasteiger partial charge in [-0.2, -0.15) is 0 Å². The molecule has 1 aromatic carbocycles. The van der Waals surface area contributed by atoms with Crippen molar-refractivity contribution in [1.82, 2.24) is 0 Å². The molecule has 0 atom stereocenters. The molecule has 0 amide bonds. The van der Waals surface area contributed by atoms with E-state index < -0.39 is 7.12 Å². The number of hydrogen-bond donors (Lipinski definition) is 0. The quantitative estimate of drug-likeness (QED) is 0.617. The largest absolute Gasteiger partial charge is 0.531 e. The van der Waals surface area contributed by atoms with Gasteiger partial charge in [0.25, 0.3) is 0 Å². The van der Waals surface area contributed by atoms with Gasteiger partial charge < -0.3 is 14.0 Å². The maximum atomic E-state index is 5.78. The minimum Gasteiger partial charge on any atom is -0.504 e. The maximum Gasteiger partial charge on any atom is 0.531 e. The van der Waals surface area contributed by atoms with Crippen molar-refractivity contribution in [3.05, 3.63) is 41.6 Å². The van der Waals surface area contributed by atoms with Crippen LogP contribution in [0.2, 0.25) is 0 Å². The van der Waals surface area contributed by atoms with Crippen LogP contribution in [0.4, 0.5) is 0 Å². The lowest BCUT2D eigenvalue weighted by Crippen LogP contribution is -2.42. The van der Waals surface area contributed by atoms with Crippen LogP contribution in [0.15, 0.2) is 36.0 Å². The van der Waals surface area contributed by atoms with Gasteiger partial charge in [0.2, 0.25) is 0 Å². The van der Waals surface area contributed by atoms with E-state index >= 15 is 0 Å². The molecule has 0 aromatic heterocycles. The number of ether oxygens (including phenoxy) is 1. The van der Waals surface area contributed by atoms with Crippen molar-refractivity contribution < 1.29 is 14.0 Å². The summed E-state index contributed by atoms with van der Waals surface area (Å²) in [4.78, 5) is 0. The summed E-state index contributed by atoms with van der Waals surface area (Å²) in [7, 11) is 1.26. The molecule has 3 nitrogen and oxygen atoms in total. The highest BCUT2D eigenvalue weighted by molar-refractivity contribution is 6.54. The second kappa shape index (κ2) is 5.80. The van der Waals surface area contributed by atoms with Gasteiger partial charge in [-0.3, -0.25) is 0 Å². The number of rotatable bonds is 3. The van der Waals surface area contributed by atoms with E-state index in [2.05, 4.69) is 26.0 Å². The molecule has 0 N–H and O–H groups in total. The smallest absolute Gasteiger partial charge is 0.504 e. The highest BCUT2D eigenvalue weighted by atomic mass is 16.6. The molecular formula is C15H21BO3. The Bertz CT molecular complexity index is 444. The predicted octanol–water partition coefficient (Wildman–Crippen LogP) is 3.16. The van der Waals surface area contributed by atoms with Gasteiger partial charge in [-0.05, 0) is 18.1 Å². The Morgan fingerprint density at radius 3 is 2.26 bits per heavy atom. The van der Waals surface area contributed by atoms with Crippen molar-refractivity contribution in [3.63, 3.8) is 0 Å². The molecule has 0 spiro atoms. The highest BCUT2D eigenvalue weighted by Gasteiger charge is 2.37. The van der Waals surface area contributed by atoms with E-state index in [1.54, 1.807) is 7.11 Å². The Hall–Kier alpha value is -1.26. The molecular weight excluding hydrogens is 239 g/mol. The zero-order valence-corrected chi connectivity index (χ0v) is 12.1. The fourth-order valence-electron chi connectivity index (χ4n) is 2.10. The van der Waals surface area contributed by atoms with Crippen molar-refractivity contribution >= 4 is 12.7 Å². The number of methoxy groups -OCH3 is 1. The van der Waals surface area contributed by atoms with Gasteiger partial charge in [0.05, 0.1) is 7.11 Å². The monoisotopic (exact) mass is 260 g/mol. The number of allylic oxidation sites excluding steroid dienone is 1. The molecule has 1 saturated heterocycles. The SMILES string of the molecule is CO/C(B1OCC(C)(C)CO1)=C(\C)c1ccccc1. The Morgan fingerprint density at radius 1 is 1.16 bits per heavy atom. The van der Waals surface area contributed by atoms with E-state index in [9.17, 15) is 0 Å². The Morgan fingerprint density at radius 2 is 1.74 bits per heavy atom. The molecule has 2 rings (SSSR count). The van der Waals surface area contributed by atoms with Crippen LogP contribution < -0.4 is 0 Å². The molecule has 1 aromatic rings. The summed E-state index contributed by atoms with van der Waals surface area (Å²) in [5, 5.41) is 0. The van der Waals surface area contributed by atoms with E-state index in [0.29, 0.717) is 13.2 Å². The van der Waals surface area contributed by atoms with Gasteiger partial charge in [0.15, 0.2) is 0 Å². The molecule has 19 heavy (non-hydrogen) atoms. The van der Waals surface area contributed by atoms with Gasteiger partial charge in [-0.15, -0.1) is 0 Å². The summed E-state index contributed by atoms with van der Waals surface area (Å²) >= 11 is 0. The van der Waals surface area contributed by atoms with Gasteiger partial charge in [0.1, 0.15) is 5.66 Å². The topological polar surface area (TPSA) is 27.7 Å². The standard InChI is InChI=1S/C15H21BO3/c1-12(13-8-6-5-7-9-13)14(17-4)16-18-10-15(2,3)11-19-16/h5-9H,10-11H2,1-4H3/b14-12+. The van der Waals surface area contributed by atoms with Crippen molar-refractivity contribution in [3.8, 4) is 0 Å². The van der Waals surface area contributed by atoms with Crippen LogP contribution in [0, 0.1) is 5.41 Å². The third kappa shape index (κ3) is 3.40. The third-order valence-electron chi connectivity index (χ3n) is 3.26. The average Bonchev–Trinajstić information content (AvgIpc) is 2.42.